The Kier molecular flexibility index (Phi) is 7.38. The number of rotatable bonds is 6. The molecule has 0 aliphatic heterocycles. The topological polar surface area (TPSA) is 26.3 Å². The molecule has 0 spiro atoms. The van der Waals surface area contributed by atoms with Crippen LogP contribution in [0.1, 0.15) is 107 Å². The second kappa shape index (κ2) is 9.75. The SMILES string of the molecule is CCCC1CCC(c2ccc(C(=O)O[C@H]3CC[C@H](CC)CC3)cc2)C(C)C1. The van der Waals surface area contributed by atoms with Crippen LogP contribution in [0, 0.1) is 17.8 Å². The molecule has 0 N–H and O–H groups in total. The molecule has 2 aliphatic carbocycles. The lowest BCUT2D eigenvalue weighted by Gasteiger charge is -2.34. The first kappa shape index (κ1) is 20.4. The highest BCUT2D eigenvalue weighted by Gasteiger charge is 2.28. The highest BCUT2D eigenvalue weighted by Crippen LogP contribution is 2.41. The lowest BCUT2D eigenvalue weighted by atomic mass is 9.71. The number of carbonyl (C=O) groups is 1. The Bertz CT molecular complexity index is 583. The first-order chi connectivity index (χ1) is 13.1. The average molecular weight is 371 g/mol. The molecule has 2 fully saturated rings. The molecular weight excluding hydrogens is 332 g/mol. The van der Waals surface area contributed by atoms with E-state index in [9.17, 15) is 4.79 Å². The van der Waals surface area contributed by atoms with Gasteiger partial charge < -0.3 is 4.74 Å². The van der Waals surface area contributed by atoms with Crippen LogP contribution in [-0.4, -0.2) is 12.1 Å². The van der Waals surface area contributed by atoms with Crippen molar-refractivity contribution in [3.05, 3.63) is 35.4 Å². The molecule has 2 saturated carbocycles. The number of hydrogen-bond donors (Lipinski definition) is 0. The second-order valence-electron chi connectivity index (χ2n) is 9.13. The van der Waals surface area contributed by atoms with Crippen LogP contribution in [0.5, 0.6) is 0 Å². The molecule has 3 atom stereocenters. The zero-order valence-corrected chi connectivity index (χ0v) is 17.6. The minimum atomic E-state index is -0.138. The normalized spacial score (nSPS) is 31.4. The van der Waals surface area contributed by atoms with Crippen molar-refractivity contribution >= 4 is 5.97 Å². The van der Waals surface area contributed by atoms with Crippen LogP contribution in [-0.2, 0) is 4.74 Å². The Morgan fingerprint density at radius 2 is 1.63 bits per heavy atom. The largest absolute Gasteiger partial charge is 0.459 e. The summed E-state index contributed by atoms with van der Waals surface area (Å²) in [5, 5.41) is 0. The van der Waals surface area contributed by atoms with Gasteiger partial charge in [-0.25, -0.2) is 4.79 Å². The van der Waals surface area contributed by atoms with Crippen LogP contribution in [0.2, 0.25) is 0 Å². The maximum atomic E-state index is 12.5. The lowest BCUT2D eigenvalue weighted by molar-refractivity contribution is 0.0164. The Labute approximate surface area is 166 Å². The van der Waals surface area contributed by atoms with E-state index in [0.717, 1.165) is 30.6 Å². The summed E-state index contributed by atoms with van der Waals surface area (Å²) in [6.07, 6.45) is 12.5. The monoisotopic (exact) mass is 370 g/mol. The third kappa shape index (κ3) is 5.36. The van der Waals surface area contributed by atoms with Crippen molar-refractivity contribution in [2.24, 2.45) is 17.8 Å². The van der Waals surface area contributed by atoms with Crippen molar-refractivity contribution in [3.8, 4) is 0 Å². The second-order valence-corrected chi connectivity index (χ2v) is 9.13. The van der Waals surface area contributed by atoms with Gasteiger partial charge in [0.1, 0.15) is 6.10 Å². The molecule has 3 rings (SSSR count). The van der Waals surface area contributed by atoms with Crippen molar-refractivity contribution in [1.29, 1.82) is 0 Å². The summed E-state index contributed by atoms with van der Waals surface area (Å²) in [6, 6.07) is 8.32. The summed E-state index contributed by atoms with van der Waals surface area (Å²) >= 11 is 0. The first-order valence-electron chi connectivity index (χ1n) is 11.4. The number of carbonyl (C=O) groups excluding carboxylic acids is 1. The van der Waals surface area contributed by atoms with E-state index >= 15 is 0 Å². The van der Waals surface area contributed by atoms with E-state index in [1.54, 1.807) is 0 Å². The first-order valence-corrected chi connectivity index (χ1v) is 11.4. The van der Waals surface area contributed by atoms with Gasteiger partial charge in [-0.15, -0.1) is 0 Å². The van der Waals surface area contributed by atoms with Crippen molar-refractivity contribution in [2.75, 3.05) is 0 Å². The minimum Gasteiger partial charge on any atom is -0.459 e. The van der Waals surface area contributed by atoms with Crippen molar-refractivity contribution in [3.63, 3.8) is 0 Å². The summed E-state index contributed by atoms with van der Waals surface area (Å²) in [5.74, 6) is 2.99. The van der Waals surface area contributed by atoms with Crippen LogP contribution in [0.25, 0.3) is 0 Å². The van der Waals surface area contributed by atoms with E-state index in [1.807, 2.05) is 12.1 Å². The molecule has 1 aromatic rings. The quantitative estimate of drug-likeness (QED) is 0.498. The molecule has 0 radical (unpaired) electrons. The van der Waals surface area contributed by atoms with Gasteiger partial charge in [0.2, 0.25) is 0 Å². The fraction of sp³-hybridized carbons (Fsp3) is 0.720. The minimum absolute atomic E-state index is 0.119. The molecule has 0 amide bonds. The summed E-state index contributed by atoms with van der Waals surface area (Å²) in [4.78, 5) is 12.5. The number of benzene rings is 1. The van der Waals surface area contributed by atoms with E-state index in [1.165, 1.54) is 56.9 Å². The molecule has 1 aromatic carbocycles. The third-order valence-corrected chi connectivity index (χ3v) is 7.19. The summed E-state index contributed by atoms with van der Waals surface area (Å²) in [6.45, 7) is 6.96. The van der Waals surface area contributed by atoms with Crippen LogP contribution >= 0.6 is 0 Å². The number of esters is 1. The average Bonchev–Trinajstić information content (AvgIpc) is 2.69. The zero-order chi connectivity index (χ0) is 19.2. The molecule has 27 heavy (non-hydrogen) atoms. The van der Waals surface area contributed by atoms with Crippen molar-refractivity contribution in [2.45, 2.75) is 97.0 Å². The fourth-order valence-corrected chi connectivity index (χ4v) is 5.42. The lowest BCUT2D eigenvalue weighted by Crippen LogP contribution is -2.24. The predicted octanol–water partition coefficient (Wildman–Crippen LogP) is 7.13. The van der Waals surface area contributed by atoms with Crippen LogP contribution < -0.4 is 0 Å². The molecule has 3 unspecified atom stereocenters. The van der Waals surface area contributed by atoms with Crippen molar-refractivity contribution in [1.82, 2.24) is 0 Å². The molecule has 0 bridgehead atoms. The van der Waals surface area contributed by atoms with Gasteiger partial charge in [-0.3, -0.25) is 0 Å². The van der Waals surface area contributed by atoms with Gasteiger partial charge in [-0.05, 0) is 86.3 Å². The smallest absolute Gasteiger partial charge is 0.338 e. The van der Waals surface area contributed by atoms with Crippen LogP contribution in [0.4, 0.5) is 0 Å². The Balaban J connectivity index is 1.53. The van der Waals surface area contributed by atoms with Gasteiger partial charge in [0.05, 0.1) is 5.56 Å². The van der Waals surface area contributed by atoms with E-state index < -0.39 is 0 Å². The molecule has 2 nitrogen and oxygen atoms in total. The Hall–Kier alpha value is -1.31. The molecule has 0 aromatic heterocycles. The van der Waals surface area contributed by atoms with Gasteiger partial charge in [0.15, 0.2) is 0 Å². The van der Waals surface area contributed by atoms with E-state index in [-0.39, 0.29) is 12.1 Å². The highest BCUT2D eigenvalue weighted by atomic mass is 16.5. The van der Waals surface area contributed by atoms with Gasteiger partial charge in [-0.2, -0.15) is 0 Å². The standard InChI is InChI=1S/C25H38O2/c1-4-6-20-9-16-24(18(3)17-20)21-10-12-22(13-11-21)25(26)27-23-14-7-19(5-2)8-15-23/h10-13,18-20,23-24H,4-9,14-17H2,1-3H3/t18?,19-,20?,23-,24?. The van der Waals surface area contributed by atoms with Crippen molar-refractivity contribution < 1.29 is 9.53 Å². The molecule has 2 heteroatoms. The highest BCUT2D eigenvalue weighted by molar-refractivity contribution is 5.89. The number of hydrogen-bond acceptors (Lipinski definition) is 2. The third-order valence-electron chi connectivity index (χ3n) is 7.19. The van der Waals surface area contributed by atoms with Gasteiger partial charge >= 0.3 is 5.97 Å². The maximum absolute atomic E-state index is 12.5. The van der Waals surface area contributed by atoms with Gasteiger partial charge in [-0.1, -0.05) is 52.2 Å². The Morgan fingerprint density at radius 3 is 2.22 bits per heavy atom. The maximum Gasteiger partial charge on any atom is 0.338 e. The van der Waals surface area contributed by atoms with Gasteiger partial charge in [0.25, 0.3) is 0 Å². The molecule has 0 heterocycles. The van der Waals surface area contributed by atoms with E-state index in [0.29, 0.717) is 11.5 Å². The molecule has 0 saturated heterocycles. The molecule has 150 valence electrons. The van der Waals surface area contributed by atoms with E-state index in [2.05, 4.69) is 32.9 Å². The van der Waals surface area contributed by atoms with Crippen LogP contribution in [0.3, 0.4) is 0 Å². The van der Waals surface area contributed by atoms with Gasteiger partial charge in [0, 0.05) is 0 Å². The van der Waals surface area contributed by atoms with Crippen LogP contribution in [0.15, 0.2) is 24.3 Å². The predicted molar refractivity (Wildman–Crippen MR) is 112 cm³/mol. The number of ether oxygens (including phenoxy) is 1. The summed E-state index contributed by atoms with van der Waals surface area (Å²) in [7, 11) is 0. The Morgan fingerprint density at radius 1 is 0.963 bits per heavy atom. The zero-order valence-electron chi connectivity index (χ0n) is 17.6. The van der Waals surface area contributed by atoms with E-state index in [4.69, 9.17) is 4.74 Å². The summed E-state index contributed by atoms with van der Waals surface area (Å²) in [5.41, 5.74) is 2.11. The molecule has 2 aliphatic rings. The molecular formula is C25H38O2. The summed E-state index contributed by atoms with van der Waals surface area (Å²) < 4.78 is 5.78. The fourth-order valence-electron chi connectivity index (χ4n) is 5.42.